The van der Waals surface area contributed by atoms with Crippen molar-refractivity contribution in [3.63, 3.8) is 0 Å². The number of nitrogens with one attached hydrogen (secondary N) is 1. The summed E-state index contributed by atoms with van der Waals surface area (Å²) in [4.78, 5) is 38.8. The summed E-state index contributed by atoms with van der Waals surface area (Å²) in [7, 11) is 0. The number of aliphatic carboxylic acids is 2. The van der Waals surface area contributed by atoms with Gasteiger partial charge >= 0.3 is 18.0 Å². The number of nitrogens with zero attached hydrogens (tertiary/aromatic N) is 3. The highest BCUT2D eigenvalue weighted by Gasteiger charge is 2.34. The summed E-state index contributed by atoms with van der Waals surface area (Å²) >= 11 is 0. The van der Waals surface area contributed by atoms with Crippen LogP contribution in [0.25, 0.3) is 0 Å². The van der Waals surface area contributed by atoms with Gasteiger partial charge < -0.3 is 30.7 Å². The molecule has 1 aliphatic heterocycles. The van der Waals surface area contributed by atoms with Gasteiger partial charge in [0.2, 0.25) is 5.89 Å². The van der Waals surface area contributed by atoms with Crippen LogP contribution < -0.4 is 11.1 Å². The molecular weight excluding hydrogens is 322 g/mol. The molecule has 0 spiro atoms. The number of carboxylic acids is 2. The molecule has 2 amide bonds. The number of rotatable bonds is 7. The van der Waals surface area contributed by atoms with E-state index in [-0.39, 0.29) is 31.1 Å². The van der Waals surface area contributed by atoms with Crippen molar-refractivity contribution in [1.82, 2.24) is 20.4 Å². The molecule has 5 N–H and O–H groups in total. The maximum absolute atomic E-state index is 12.0. The highest BCUT2D eigenvalue weighted by molar-refractivity contribution is 5.83. The van der Waals surface area contributed by atoms with E-state index in [1.807, 2.05) is 0 Å². The molecule has 132 valence electrons. The van der Waals surface area contributed by atoms with Gasteiger partial charge in [-0.15, -0.1) is 0 Å². The molecule has 11 heteroatoms. The molecule has 2 heterocycles. The number of hydrogen-bond acceptors (Lipinski definition) is 7. The Balaban J connectivity index is 1.85. The largest absolute Gasteiger partial charge is 0.481 e. The molecular formula is C13H19N5O6. The smallest absolute Gasteiger partial charge is 0.326 e. The normalized spacial score (nSPS) is 18.4. The van der Waals surface area contributed by atoms with Crippen LogP contribution in [0.5, 0.6) is 0 Å². The van der Waals surface area contributed by atoms with Crippen molar-refractivity contribution in [2.75, 3.05) is 6.54 Å². The molecule has 1 saturated heterocycles. The first-order valence-electron chi connectivity index (χ1n) is 7.45. The van der Waals surface area contributed by atoms with E-state index in [4.69, 9.17) is 20.5 Å². The van der Waals surface area contributed by atoms with Crippen LogP contribution in [0.15, 0.2) is 4.52 Å². The molecule has 0 aliphatic carbocycles. The summed E-state index contributed by atoms with van der Waals surface area (Å²) in [5.74, 6) is -1.74. The molecule has 1 fully saturated rings. The monoisotopic (exact) mass is 341 g/mol. The van der Waals surface area contributed by atoms with Gasteiger partial charge in [-0.25, -0.2) is 9.59 Å². The third-order valence-electron chi connectivity index (χ3n) is 3.67. The molecule has 24 heavy (non-hydrogen) atoms. The molecule has 1 aliphatic rings. The zero-order valence-electron chi connectivity index (χ0n) is 12.8. The average molecular weight is 341 g/mol. The van der Waals surface area contributed by atoms with E-state index >= 15 is 0 Å². The Labute approximate surface area is 136 Å². The quantitative estimate of drug-likeness (QED) is 0.519. The van der Waals surface area contributed by atoms with Crippen molar-refractivity contribution in [3.8, 4) is 0 Å². The third kappa shape index (κ3) is 4.41. The summed E-state index contributed by atoms with van der Waals surface area (Å²) in [6.45, 7) is 0.304. The maximum Gasteiger partial charge on any atom is 0.326 e. The van der Waals surface area contributed by atoms with E-state index in [1.54, 1.807) is 0 Å². The molecule has 1 aromatic rings. The average Bonchev–Trinajstić information content (AvgIpc) is 3.19. The Morgan fingerprint density at radius 1 is 1.42 bits per heavy atom. The van der Waals surface area contributed by atoms with Crippen molar-refractivity contribution in [2.45, 2.75) is 44.3 Å². The standard InChI is InChI=1S/C13H19N5O6/c14-7(3-4-10(19)20)11-16-9(24-17-11)6-15-13(23)18-5-1-2-8(18)12(21)22/h7-8H,1-6,14H2,(H,15,23)(H,19,20)(H,21,22)/t7-,8+/m0/s1. The van der Waals surface area contributed by atoms with Crippen LogP contribution in [0.4, 0.5) is 4.79 Å². The van der Waals surface area contributed by atoms with E-state index < -0.39 is 30.1 Å². The summed E-state index contributed by atoms with van der Waals surface area (Å²) in [6.07, 6.45) is 1.10. The van der Waals surface area contributed by atoms with Gasteiger partial charge in [-0.05, 0) is 19.3 Å². The Morgan fingerprint density at radius 3 is 2.83 bits per heavy atom. The van der Waals surface area contributed by atoms with Crippen LogP contribution >= 0.6 is 0 Å². The number of amides is 2. The molecule has 11 nitrogen and oxygen atoms in total. The highest BCUT2D eigenvalue weighted by atomic mass is 16.5. The second kappa shape index (κ2) is 7.73. The fourth-order valence-corrected chi connectivity index (χ4v) is 2.42. The Morgan fingerprint density at radius 2 is 2.17 bits per heavy atom. The second-order valence-corrected chi connectivity index (χ2v) is 5.43. The lowest BCUT2D eigenvalue weighted by Crippen LogP contribution is -2.45. The zero-order valence-corrected chi connectivity index (χ0v) is 12.8. The van der Waals surface area contributed by atoms with Crippen molar-refractivity contribution in [1.29, 1.82) is 0 Å². The molecule has 0 aromatic carbocycles. The van der Waals surface area contributed by atoms with Crippen LogP contribution in [0.3, 0.4) is 0 Å². The number of hydrogen-bond donors (Lipinski definition) is 4. The molecule has 0 saturated carbocycles. The number of likely N-dealkylation sites (tertiary alicyclic amines) is 1. The Bertz CT molecular complexity index is 618. The molecule has 2 rings (SSSR count). The van der Waals surface area contributed by atoms with E-state index in [0.717, 1.165) is 0 Å². The van der Waals surface area contributed by atoms with Crippen LogP contribution in [-0.4, -0.2) is 55.8 Å². The molecule has 2 atom stereocenters. The van der Waals surface area contributed by atoms with Crippen molar-refractivity contribution in [2.24, 2.45) is 5.73 Å². The van der Waals surface area contributed by atoms with Crippen LogP contribution in [0.2, 0.25) is 0 Å². The highest BCUT2D eigenvalue weighted by Crippen LogP contribution is 2.17. The first-order chi connectivity index (χ1) is 11.4. The SMILES string of the molecule is N[C@@H](CCC(=O)O)c1noc(CNC(=O)N2CCC[C@@H]2C(=O)O)n1. The van der Waals surface area contributed by atoms with Crippen molar-refractivity contribution < 1.29 is 29.1 Å². The summed E-state index contributed by atoms with van der Waals surface area (Å²) in [5, 5.41) is 23.8. The Hall–Kier alpha value is -2.69. The van der Waals surface area contributed by atoms with Crippen LogP contribution in [0, 0.1) is 0 Å². The van der Waals surface area contributed by atoms with Gasteiger partial charge in [0.1, 0.15) is 6.04 Å². The fourth-order valence-electron chi connectivity index (χ4n) is 2.42. The van der Waals surface area contributed by atoms with E-state index in [0.29, 0.717) is 19.4 Å². The van der Waals surface area contributed by atoms with Crippen LogP contribution in [-0.2, 0) is 16.1 Å². The lowest BCUT2D eigenvalue weighted by Gasteiger charge is -2.21. The molecule has 0 radical (unpaired) electrons. The number of carbonyl (C=O) groups is 3. The maximum atomic E-state index is 12.0. The van der Waals surface area contributed by atoms with Gasteiger partial charge in [-0.2, -0.15) is 4.98 Å². The summed E-state index contributed by atoms with van der Waals surface area (Å²) in [6, 6.07) is -2.02. The number of urea groups is 1. The predicted molar refractivity (Wildman–Crippen MR) is 77.7 cm³/mol. The van der Waals surface area contributed by atoms with Gasteiger partial charge in [0.15, 0.2) is 5.82 Å². The van der Waals surface area contributed by atoms with E-state index in [9.17, 15) is 14.4 Å². The van der Waals surface area contributed by atoms with E-state index in [1.165, 1.54) is 4.90 Å². The first-order valence-corrected chi connectivity index (χ1v) is 7.45. The molecule has 0 unspecified atom stereocenters. The van der Waals surface area contributed by atoms with Gasteiger partial charge in [0.05, 0.1) is 12.6 Å². The minimum Gasteiger partial charge on any atom is -0.481 e. The van der Waals surface area contributed by atoms with Crippen molar-refractivity contribution in [3.05, 3.63) is 11.7 Å². The van der Waals surface area contributed by atoms with Gasteiger partial charge in [0.25, 0.3) is 0 Å². The topological polar surface area (TPSA) is 172 Å². The zero-order chi connectivity index (χ0) is 17.7. The lowest BCUT2D eigenvalue weighted by molar-refractivity contribution is -0.141. The summed E-state index contributed by atoms with van der Waals surface area (Å²) < 4.78 is 4.94. The number of aromatic nitrogens is 2. The third-order valence-corrected chi connectivity index (χ3v) is 3.67. The Kier molecular flexibility index (Phi) is 5.68. The first kappa shape index (κ1) is 17.7. The second-order valence-electron chi connectivity index (χ2n) is 5.43. The fraction of sp³-hybridized carbons (Fsp3) is 0.615. The number of carboxylic acid groups (broad SMARTS) is 2. The minimum absolute atomic E-state index is 0.0691. The van der Waals surface area contributed by atoms with Crippen molar-refractivity contribution >= 4 is 18.0 Å². The molecule has 0 bridgehead atoms. The van der Waals surface area contributed by atoms with Gasteiger partial charge in [-0.3, -0.25) is 4.79 Å². The number of carbonyl (C=O) groups excluding carboxylic acids is 1. The molecule has 1 aromatic heterocycles. The number of nitrogens with two attached hydrogens (primary N) is 1. The predicted octanol–water partition coefficient (Wildman–Crippen LogP) is -0.307. The minimum atomic E-state index is -1.04. The van der Waals surface area contributed by atoms with Gasteiger partial charge in [-0.1, -0.05) is 5.16 Å². The van der Waals surface area contributed by atoms with E-state index in [2.05, 4.69) is 15.5 Å². The van der Waals surface area contributed by atoms with Gasteiger partial charge in [0, 0.05) is 13.0 Å². The lowest BCUT2D eigenvalue weighted by atomic mass is 10.1. The summed E-state index contributed by atoms with van der Waals surface area (Å²) in [5.41, 5.74) is 5.75. The van der Waals surface area contributed by atoms with Crippen LogP contribution in [0.1, 0.15) is 43.4 Å².